The number of aromatic nitrogens is 3. The molecular weight excluding hydrogens is 483 g/mol. The Balaban J connectivity index is 1.40. The molecule has 8 nitrogen and oxygen atoms in total. The summed E-state index contributed by atoms with van der Waals surface area (Å²) < 4.78 is 17.0. The molecule has 0 bridgehead atoms. The highest BCUT2D eigenvalue weighted by Gasteiger charge is 2.29. The van der Waals surface area contributed by atoms with Gasteiger partial charge in [-0.05, 0) is 80.7 Å². The number of nitrogens with zero attached hydrogens (tertiary/aromatic N) is 3. The van der Waals surface area contributed by atoms with Gasteiger partial charge in [-0.2, -0.15) is 11.8 Å². The van der Waals surface area contributed by atoms with Crippen molar-refractivity contribution in [2.45, 2.75) is 63.6 Å². The van der Waals surface area contributed by atoms with Crippen molar-refractivity contribution in [1.82, 2.24) is 19.4 Å². The van der Waals surface area contributed by atoms with Gasteiger partial charge in [-0.15, -0.1) is 0 Å². The smallest absolute Gasteiger partial charge is 0.333 e. The Morgan fingerprint density at radius 3 is 2.44 bits per heavy atom. The molecule has 1 aliphatic heterocycles. The zero-order valence-corrected chi connectivity index (χ0v) is 20.9. The van der Waals surface area contributed by atoms with E-state index in [2.05, 4.69) is 10.3 Å². The van der Waals surface area contributed by atoms with Crippen molar-refractivity contribution in [3.63, 3.8) is 0 Å². The second-order valence-electron chi connectivity index (χ2n) is 9.68. The molecule has 190 valence electrons. The number of aromatic hydroxyl groups is 1. The number of rotatable bonds is 4. The van der Waals surface area contributed by atoms with Crippen molar-refractivity contribution in [2.24, 2.45) is 0 Å². The van der Waals surface area contributed by atoms with Crippen LogP contribution in [0.2, 0.25) is 0 Å². The molecule has 3 heterocycles. The van der Waals surface area contributed by atoms with Crippen LogP contribution < -0.4 is 16.6 Å². The Hall–Kier alpha value is -3.14. The van der Waals surface area contributed by atoms with Crippen LogP contribution in [0, 0.1) is 12.7 Å². The van der Waals surface area contributed by atoms with Gasteiger partial charge in [0.15, 0.2) is 0 Å². The maximum Gasteiger partial charge on any atom is 0.333 e. The minimum Gasteiger partial charge on any atom is -0.508 e. The van der Waals surface area contributed by atoms with Gasteiger partial charge in [0, 0.05) is 23.7 Å². The Kier molecular flexibility index (Phi) is 6.87. The normalized spacial score (nSPS) is 20.9. The number of phenols is 1. The molecule has 3 aromatic rings. The van der Waals surface area contributed by atoms with Gasteiger partial charge < -0.3 is 10.4 Å². The quantitative estimate of drug-likeness (QED) is 0.552. The molecule has 1 aliphatic carbocycles. The van der Waals surface area contributed by atoms with Crippen LogP contribution in [0.3, 0.4) is 0 Å². The molecule has 2 aromatic heterocycles. The Morgan fingerprint density at radius 1 is 1.06 bits per heavy atom. The van der Waals surface area contributed by atoms with Crippen molar-refractivity contribution < 1.29 is 14.3 Å². The molecule has 0 unspecified atom stereocenters. The summed E-state index contributed by atoms with van der Waals surface area (Å²) in [4.78, 5) is 43.9. The van der Waals surface area contributed by atoms with Crippen LogP contribution in [0.15, 0.2) is 40.1 Å². The average Bonchev–Trinajstić information content (AvgIpc) is 2.88. The lowest BCUT2D eigenvalue weighted by Gasteiger charge is -2.31. The summed E-state index contributed by atoms with van der Waals surface area (Å²) in [6, 6.07) is 5.48. The number of carbonyl (C=O) groups excluding carboxylic acids is 1. The van der Waals surface area contributed by atoms with E-state index in [1.54, 1.807) is 23.6 Å². The molecule has 0 radical (unpaired) electrons. The number of thioether (sulfide) groups is 1. The zero-order valence-electron chi connectivity index (χ0n) is 20.1. The number of hydrogen-bond donors (Lipinski definition) is 2. The van der Waals surface area contributed by atoms with Gasteiger partial charge in [-0.1, -0.05) is 6.07 Å². The minimum atomic E-state index is -0.607. The standard InChI is InChI=1S/C26H29FN4O4S/c1-15-2-3-16(12-22(15)32)24(33)29-18-4-6-19(7-5-18)31-25(34)21-13-17(27)14-28-23(21)30(26(31)35)20-8-10-36-11-9-20/h2-3,12-14,18-20,32H,4-11H2,1H3,(H,29,33)/t18-,19+. The lowest BCUT2D eigenvalue weighted by molar-refractivity contribution is 0.0921. The molecule has 1 amide bonds. The van der Waals surface area contributed by atoms with Crippen LogP contribution in [0.25, 0.3) is 11.0 Å². The monoisotopic (exact) mass is 512 g/mol. The van der Waals surface area contributed by atoms with Crippen LogP contribution in [-0.2, 0) is 0 Å². The minimum absolute atomic E-state index is 0.0702. The first-order valence-electron chi connectivity index (χ1n) is 12.3. The summed E-state index contributed by atoms with van der Waals surface area (Å²) >= 11 is 1.83. The molecule has 2 aliphatic rings. The topological polar surface area (TPSA) is 106 Å². The zero-order chi connectivity index (χ0) is 25.4. The van der Waals surface area contributed by atoms with Crippen molar-refractivity contribution in [2.75, 3.05) is 11.5 Å². The molecular formula is C26H29FN4O4S. The molecule has 1 aromatic carbocycles. The van der Waals surface area contributed by atoms with E-state index in [9.17, 15) is 23.9 Å². The number of hydrogen-bond acceptors (Lipinski definition) is 6. The highest BCUT2D eigenvalue weighted by atomic mass is 32.2. The van der Waals surface area contributed by atoms with Crippen LogP contribution >= 0.6 is 11.8 Å². The Bertz CT molecular complexity index is 1420. The summed E-state index contributed by atoms with van der Waals surface area (Å²) in [5, 5.41) is 13.0. The molecule has 10 heteroatoms. The fourth-order valence-corrected chi connectivity index (χ4v) is 6.38. The largest absolute Gasteiger partial charge is 0.508 e. The van der Waals surface area contributed by atoms with Gasteiger partial charge in [0.2, 0.25) is 0 Å². The van der Waals surface area contributed by atoms with Gasteiger partial charge in [0.05, 0.1) is 11.6 Å². The van der Waals surface area contributed by atoms with Crippen LogP contribution in [0.1, 0.15) is 66.5 Å². The molecule has 0 spiro atoms. The van der Waals surface area contributed by atoms with Gasteiger partial charge in [0.25, 0.3) is 11.5 Å². The second kappa shape index (κ2) is 10.1. The first-order chi connectivity index (χ1) is 17.3. The molecule has 5 rings (SSSR count). The van der Waals surface area contributed by atoms with E-state index in [0.717, 1.165) is 30.5 Å². The van der Waals surface area contributed by atoms with Crippen LogP contribution in [0.4, 0.5) is 4.39 Å². The van der Waals surface area contributed by atoms with Gasteiger partial charge in [0.1, 0.15) is 17.2 Å². The van der Waals surface area contributed by atoms with E-state index in [0.29, 0.717) is 36.8 Å². The lowest BCUT2D eigenvalue weighted by Crippen LogP contribution is -2.46. The number of fused-ring (bicyclic) bond motifs is 1. The van der Waals surface area contributed by atoms with E-state index in [4.69, 9.17) is 0 Å². The van der Waals surface area contributed by atoms with E-state index >= 15 is 0 Å². The highest BCUT2D eigenvalue weighted by Crippen LogP contribution is 2.30. The van der Waals surface area contributed by atoms with Crippen molar-refractivity contribution in [1.29, 1.82) is 0 Å². The number of nitrogens with one attached hydrogen (secondary N) is 1. The number of carbonyl (C=O) groups is 1. The van der Waals surface area contributed by atoms with Crippen LogP contribution in [-0.4, -0.2) is 42.7 Å². The van der Waals surface area contributed by atoms with Gasteiger partial charge >= 0.3 is 5.69 Å². The van der Waals surface area contributed by atoms with E-state index in [-0.39, 0.29) is 46.5 Å². The number of benzene rings is 1. The van der Waals surface area contributed by atoms with Gasteiger partial charge in [-0.3, -0.25) is 18.7 Å². The lowest BCUT2D eigenvalue weighted by atomic mass is 9.90. The predicted molar refractivity (Wildman–Crippen MR) is 137 cm³/mol. The predicted octanol–water partition coefficient (Wildman–Crippen LogP) is 3.69. The molecule has 1 saturated heterocycles. The summed E-state index contributed by atoms with van der Waals surface area (Å²) in [5.41, 5.74) is 0.439. The highest BCUT2D eigenvalue weighted by molar-refractivity contribution is 7.99. The third kappa shape index (κ3) is 4.66. The number of pyridine rings is 1. The van der Waals surface area contributed by atoms with Gasteiger partial charge in [-0.25, -0.2) is 14.2 Å². The average molecular weight is 513 g/mol. The van der Waals surface area contributed by atoms with Crippen molar-refractivity contribution in [3.05, 3.63) is 68.2 Å². The summed E-state index contributed by atoms with van der Waals surface area (Å²) in [5.74, 6) is 1.03. The molecule has 2 fully saturated rings. The van der Waals surface area contributed by atoms with Crippen molar-refractivity contribution in [3.8, 4) is 5.75 Å². The number of aryl methyl sites for hydroxylation is 1. The summed E-state index contributed by atoms with van der Waals surface area (Å²) in [6.07, 6.45) is 4.91. The summed E-state index contributed by atoms with van der Waals surface area (Å²) in [7, 11) is 0. The number of amides is 1. The first kappa shape index (κ1) is 24.5. The van der Waals surface area contributed by atoms with E-state index < -0.39 is 11.4 Å². The molecule has 0 atom stereocenters. The molecule has 2 N–H and O–H groups in total. The van der Waals surface area contributed by atoms with E-state index in [1.165, 1.54) is 16.7 Å². The summed E-state index contributed by atoms with van der Waals surface area (Å²) in [6.45, 7) is 1.76. The fourth-order valence-electron chi connectivity index (χ4n) is 5.30. The SMILES string of the molecule is Cc1ccc(C(=O)N[C@H]2CC[C@@H](n3c(=O)c4cc(F)cnc4n(C4CCSCC4)c3=O)CC2)cc1O. The second-order valence-corrected chi connectivity index (χ2v) is 10.9. The third-order valence-corrected chi connectivity index (χ3v) is 8.40. The van der Waals surface area contributed by atoms with Crippen LogP contribution in [0.5, 0.6) is 5.75 Å². The van der Waals surface area contributed by atoms with Crippen molar-refractivity contribution >= 4 is 28.7 Å². The molecule has 1 saturated carbocycles. The maximum atomic E-state index is 14.1. The fraction of sp³-hybridized carbons (Fsp3) is 0.462. The first-order valence-corrected chi connectivity index (χ1v) is 13.5. The maximum absolute atomic E-state index is 14.1. The molecule has 36 heavy (non-hydrogen) atoms. The van der Waals surface area contributed by atoms with E-state index in [1.807, 2.05) is 11.8 Å². The Morgan fingerprint density at radius 2 is 1.75 bits per heavy atom. The number of halogens is 1. The Labute approximate surface area is 211 Å². The third-order valence-electron chi connectivity index (χ3n) is 7.35. The number of phenolic OH excluding ortho intramolecular Hbond substituents is 1.